The van der Waals surface area contributed by atoms with Crippen molar-refractivity contribution in [1.82, 2.24) is 0 Å². The van der Waals surface area contributed by atoms with Crippen LogP contribution >= 0.6 is 0 Å². The van der Waals surface area contributed by atoms with E-state index < -0.39 is 18.0 Å². The van der Waals surface area contributed by atoms with E-state index in [1.807, 2.05) is 0 Å². The first-order valence-electron chi connectivity index (χ1n) is 0.717. The zero-order valence-corrected chi connectivity index (χ0v) is 8.37. The van der Waals surface area contributed by atoms with Gasteiger partial charge in [-0.25, -0.2) is 0 Å². The third kappa shape index (κ3) is 39.9. The summed E-state index contributed by atoms with van der Waals surface area (Å²) in [5.41, 5.74) is 0. The Balaban J connectivity index is 0. The molecule has 0 spiro atoms. The van der Waals surface area contributed by atoms with Crippen molar-refractivity contribution in [1.29, 1.82) is 0 Å². The Labute approximate surface area is 80.7 Å². The molecule has 0 saturated heterocycles. The van der Waals surface area contributed by atoms with E-state index in [4.69, 9.17) is 10.1 Å². The number of hydrogen-bond acceptors (Lipinski definition) is 3. The van der Waals surface area contributed by atoms with Crippen LogP contribution in [0.25, 0.3) is 0 Å². The standard InChI is InChI=1S/FH.K.Nb.3O/h1H;;;;;/q;2*+1;;;-1/p-1. The number of hydrogen-bond donors (Lipinski definition) is 0. The summed E-state index contributed by atoms with van der Waals surface area (Å²) in [6.07, 6.45) is 0. The van der Waals surface area contributed by atoms with Gasteiger partial charge in [-0.1, -0.05) is 0 Å². The fourth-order valence-corrected chi connectivity index (χ4v) is 0. The third-order valence-corrected chi connectivity index (χ3v) is 0. The van der Waals surface area contributed by atoms with Crippen LogP contribution in [-0.2, 0) is 24.5 Å². The minimum atomic E-state index is -6.35. The van der Waals surface area contributed by atoms with E-state index in [-0.39, 0.29) is 51.4 Å². The van der Waals surface area contributed by atoms with Crippen LogP contribution in [0.1, 0.15) is 0 Å². The van der Waals surface area contributed by atoms with Gasteiger partial charge in [-0.05, 0) is 0 Å². The molecule has 0 aromatic heterocycles. The van der Waals surface area contributed by atoms with E-state index in [1.54, 1.807) is 0 Å². The van der Waals surface area contributed by atoms with Crippen LogP contribution in [0.5, 0.6) is 0 Å². The van der Waals surface area contributed by atoms with Gasteiger partial charge in [0.2, 0.25) is 0 Å². The summed E-state index contributed by atoms with van der Waals surface area (Å²) in [5.74, 6) is 0. The van der Waals surface area contributed by atoms with Crippen molar-refractivity contribution in [3.63, 3.8) is 0 Å². The molecule has 0 aliphatic heterocycles. The average molecular weight is 199 g/mol. The Morgan fingerprint density at radius 3 is 1.50 bits per heavy atom. The van der Waals surface area contributed by atoms with E-state index >= 15 is 0 Å². The summed E-state index contributed by atoms with van der Waals surface area (Å²) in [6, 6.07) is 0. The van der Waals surface area contributed by atoms with Gasteiger partial charge in [0.25, 0.3) is 0 Å². The topological polar surface area (TPSA) is 57.2 Å². The molecule has 0 aromatic rings. The third-order valence-electron chi connectivity index (χ3n) is 0. The molecule has 0 radical (unpaired) electrons. The van der Waals surface area contributed by atoms with Crippen LogP contribution in [-0.4, -0.2) is 0 Å². The monoisotopic (exact) mass is 199 g/mol. The molecule has 0 unspecified atom stereocenters. The molecule has 0 aromatic carbocycles. The molecular formula is FKNbO3. The van der Waals surface area contributed by atoms with Gasteiger partial charge in [0.05, 0.1) is 0 Å². The van der Waals surface area contributed by atoms with Crippen LogP contribution in [0.3, 0.4) is 0 Å². The Morgan fingerprint density at radius 1 is 1.50 bits per heavy atom. The normalized spacial score (nSPS) is 9.67. The van der Waals surface area contributed by atoms with E-state index in [9.17, 15) is 3.02 Å². The summed E-state index contributed by atoms with van der Waals surface area (Å²) < 4.78 is 35.8. The van der Waals surface area contributed by atoms with Gasteiger partial charge < -0.3 is 0 Å². The molecule has 6 heavy (non-hydrogen) atoms. The van der Waals surface area contributed by atoms with Gasteiger partial charge in [-0.3, -0.25) is 0 Å². The van der Waals surface area contributed by atoms with E-state index in [1.165, 1.54) is 0 Å². The van der Waals surface area contributed by atoms with Crippen molar-refractivity contribution in [3.8, 4) is 0 Å². The zero-order chi connectivity index (χ0) is 4.50. The molecule has 3 nitrogen and oxygen atoms in total. The molecule has 0 rings (SSSR count). The molecule has 0 aliphatic carbocycles. The summed E-state index contributed by atoms with van der Waals surface area (Å²) in [5, 5.41) is 0. The Hall–Kier alpha value is 1.87. The number of rotatable bonds is 0. The van der Waals surface area contributed by atoms with Crippen LogP contribution in [0.2, 0.25) is 0 Å². The van der Waals surface area contributed by atoms with Crippen molar-refractivity contribution >= 4 is 0 Å². The fraction of sp³-hybridized carbons (Fsp3) is 0. The SMILES string of the molecule is [K+].[O]=[Nb](=[O])([O-])[F]. The minimum absolute atomic E-state index is 0. The van der Waals surface area contributed by atoms with Crippen molar-refractivity contribution in [2.24, 2.45) is 0 Å². The zero-order valence-electron chi connectivity index (χ0n) is 3.05. The molecule has 0 bridgehead atoms. The van der Waals surface area contributed by atoms with Crippen molar-refractivity contribution in [3.05, 3.63) is 0 Å². The Bertz CT molecular complexity index is 94.0. The molecule has 0 amide bonds. The Morgan fingerprint density at radius 2 is 1.50 bits per heavy atom. The molecule has 0 fully saturated rings. The Kier molecular flexibility index (Phi) is 6.86. The summed E-state index contributed by atoms with van der Waals surface area (Å²) in [7, 11) is 0. The predicted octanol–water partition coefficient (Wildman–Crippen LogP) is -4.00. The van der Waals surface area contributed by atoms with Gasteiger partial charge in [0.15, 0.2) is 0 Å². The molecule has 0 N–H and O–H groups in total. The second kappa shape index (κ2) is 3.82. The van der Waals surface area contributed by atoms with Crippen LogP contribution in [0.15, 0.2) is 0 Å². The van der Waals surface area contributed by atoms with E-state index in [0.717, 1.165) is 0 Å². The summed E-state index contributed by atoms with van der Waals surface area (Å²) in [6.45, 7) is 0. The van der Waals surface area contributed by atoms with E-state index in [2.05, 4.69) is 0 Å². The van der Waals surface area contributed by atoms with Gasteiger partial charge in [-0.15, -0.1) is 0 Å². The van der Waals surface area contributed by atoms with Crippen LogP contribution < -0.4 is 55.0 Å². The molecule has 0 aliphatic rings. The summed E-state index contributed by atoms with van der Waals surface area (Å²) in [4.78, 5) is 0. The second-order valence-corrected chi connectivity index (χ2v) is 2.55. The molecule has 6 heteroatoms. The second-order valence-electron chi connectivity index (χ2n) is 0.431. The first-order valence-corrected chi connectivity index (χ1v) is 4.24. The van der Waals surface area contributed by atoms with Crippen molar-refractivity contribution in [2.75, 3.05) is 0 Å². The maximum absolute atomic E-state index is 10.2. The van der Waals surface area contributed by atoms with Crippen LogP contribution in [0.4, 0.5) is 3.02 Å². The maximum atomic E-state index is 10.2. The van der Waals surface area contributed by atoms with Crippen molar-refractivity contribution in [2.45, 2.75) is 0 Å². The average Bonchev–Trinajstić information content (AvgIpc) is 0.722. The first-order chi connectivity index (χ1) is 2.00. The molecule has 0 saturated carbocycles. The molecular weight excluding hydrogens is 199 g/mol. The van der Waals surface area contributed by atoms with Gasteiger partial charge in [0, 0.05) is 0 Å². The van der Waals surface area contributed by atoms with E-state index in [0.29, 0.717) is 0 Å². The quantitative estimate of drug-likeness (QED) is 0.373. The van der Waals surface area contributed by atoms with Gasteiger partial charge in [-0.2, -0.15) is 0 Å². The fourth-order valence-electron chi connectivity index (χ4n) is 0. The van der Waals surface area contributed by atoms with Crippen LogP contribution in [0, 0.1) is 0 Å². The molecule has 31 valence electrons. The predicted molar refractivity (Wildman–Crippen MR) is 2.48 cm³/mol. The molecule has 0 atom stereocenters. The van der Waals surface area contributed by atoms with Crippen molar-refractivity contribution < 1.29 is 82.5 Å². The first kappa shape index (κ1) is 10.8. The summed E-state index contributed by atoms with van der Waals surface area (Å²) >= 11 is -6.35. The number of halogens is 1. The molecule has 0 heterocycles. The van der Waals surface area contributed by atoms with Gasteiger partial charge >= 0.3 is 82.5 Å². The van der Waals surface area contributed by atoms with Gasteiger partial charge in [0.1, 0.15) is 0 Å².